The van der Waals surface area contributed by atoms with Gasteiger partial charge in [-0.1, -0.05) is 13.3 Å². The van der Waals surface area contributed by atoms with E-state index in [1.165, 1.54) is 12.4 Å². The number of ether oxygens (including phenoxy) is 1. The Labute approximate surface area is 136 Å². The fourth-order valence-electron chi connectivity index (χ4n) is 1.87. The second-order valence-electron chi connectivity index (χ2n) is 4.97. The molecule has 6 nitrogen and oxygen atoms in total. The van der Waals surface area contributed by atoms with Crippen LogP contribution in [0.1, 0.15) is 45.5 Å². The summed E-state index contributed by atoms with van der Waals surface area (Å²) >= 11 is 0. The molecular formula is C15H27F2N5O. The first-order chi connectivity index (χ1) is 11.2. The summed E-state index contributed by atoms with van der Waals surface area (Å²) in [6, 6.07) is 0. The van der Waals surface area contributed by atoms with Gasteiger partial charge in [0.05, 0.1) is 0 Å². The number of alkyl halides is 2. The van der Waals surface area contributed by atoms with E-state index in [1.54, 1.807) is 0 Å². The lowest BCUT2D eigenvalue weighted by atomic mass is 10.4. The number of guanidine groups is 1. The van der Waals surface area contributed by atoms with Crippen molar-refractivity contribution in [2.24, 2.45) is 4.99 Å². The van der Waals surface area contributed by atoms with Gasteiger partial charge >= 0.3 is 6.55 Å². The molecular weight excluding hydrogens is 304 g/mol. The van der Waals surface area contributed by atoms with Crippen molar-refractivity contribution in [2.75, 3.05) is 26.3 Å². The van der Waals surface area contributed by atoms with Crippen LogP contribution in [-0.4, -0.2) is 41.8 Å². The Morgan fingerprint density at radius 2 is 2.09 bits per heavy atom. The van der Waals surface area contributed by atoms with E-state index in [4.69, 9.17) is 4.74 Å². The highest BCUT2D eigenvalue weighted by Crippen LogP contribution is 2.12. The topological polar surface area (TPSA) is 63.5 Å². The van der Waals surface area contributed by atoms with Crippen molar-refractivity contribution in [2.45, 2.75) is 46.2 Å². The van der Waals surface area contributed by atoms with Crippen molar-refractivity contribution in [1.82, 2.24) is 20.2 Å². The molecule has 0 aliphatic rings. The lowest BCUT2D eigenvalue weighted by Gasteiger charge is -2.11. The molecule has 0 unspecified atom stereocenters. The van der Waals surface area contributed by atoms with Gasteiger partial charge < -0.3 is 15.4 Å². The quantitative estimate of drug-likeness (QED) is 0.372. The maximum atomic E-state index is 12.7. The van der Waals surface area contributed by atoms with E-state index in [1.807, 2.05) is 6.92 Å². The summed E-state index contributed by atoms with van der Waals surface area (Å²) in [6.45, 7) is 4.47. The van der Waals surface area contributed by atoms with Crippen LogP contribution in [0.3, 0.4) is 0 Å². The summed E-state index contributed by atoms with van der Waals surface area (Å²) in [5.41, 5.74) is 0. The highest BCUT2D eigenvalue weighted by Gasteiger charge is 2.10. The van der Waals surface area contributed by atoms with Crippen LogP contribution in [-0.2, 0) is 11.3 Å². The Kier molecular flexibility index (Phi) is 9.94. The summed E-state index contributed by atoms with van der Waals surface area (Å²) < 4.78 is 31.8. The third-order valence-corrected chi connectivity index (χ3v) is 3.08. The maximum absolute atomic E-state index is 12.7. The van der Waals surface area contributed by atoms with Gasteiger partial charge in [0, 0.05) is 38.7 Å². The monoisotopic (exact) mass is 331 g/mol. The zero-order valence-corrected chi connectivity index (χ0v) is 13.9. The third-order valence-electron chi connectivity index (χ3n) is 3.08. The van der Waals surface area contributed by atoms with Crippen LogP contribution in [0, 0.1) is 0 Å². The van der Waals surface area contributed by atoms with Gasteiger partial charge in [0.15, 0.2) is 5.96 Å². The molecule has 0 amide bonds. The predicted octanol–water partition coefficient (Wildman–Crippen LogP) is 2.54. The summed E-state index contributed by atoms with van der Waals surface area (Å²) in [7, 11) is 0. The minimum atomic E-state index is -2.60. The first-order valence-corrected chi connectivity index (χ1v) is 8.08. The Morgan fingerprint density at radius 1 is 1.30 bits per heavy atom. The minimum Gasteiger partial charge on any atom is -0.381 e. The van der Waals surface area contributed by atoms with Crippen molar-refractivity contribution >= 4 is 5.96 Å². The zero-order chi connectivity index (χ0) is 16.9. The first kappa shape index (κ1) is 19.3. The number of nitrogens with zero attached hydrogens (tertiary/aromatic N) is 3. The summed E-state index contributed by atoms with van der Waals surface area (Å²) in [5, 5.41) is 6.24. The highest BCUT2D eigenvalue weighted by atomic mass is 19.3. The SMILES string of the molecule is CCCCOCCCNC(=NCc1nccn1C(F)F)NCC. The molecule has 0 saturated heterocycles. The van der Waals surface area contributed by atoms with E-state index in [0.717, 1.165) is 30.4 Å². The van der Waals surface area contributed by atoms with Crippen molar-refractivity contribution in [3.05, 3.63) is 18.2 Å². The summed E-state index contributed by atoms with van der Waals surface area (Å²) in [6.07, 6.45) is 5.67. The van der Waals surface area contributed by atoms with Crippen LogP contribution in [0.25, 0.3) is 0 Å². The first-order valence-electron chi connectivity index (χ1n) is 8.08. The third kappa shape index (κ3) is 7.92. The van der Waals surface area contributed by atoms with Gasteiger partial charge in [0.1, 0.15) is 12.4 Å². The van der Waals surface area contributed by atoms with Crippen molar-refractivity contribution in [3.8, 4) is 0 Å². The molecule has 2 N–H and O–H groups in total. The van der Waals surface area contributed by atoms with Crippen LogP contribution in [0.4, 0.5) is 8.78 Å². The molecule has 1 heterocycles. The average Bonchev–Trinajstić information content (AvgIpc) is 3.00. The molecule has 0 saturated carbocycles. The molecule has 132 valence electrons. The molecule has 0 radical (unpaired) electrons. The van der Waals surface area contributed by atoms with Crippen molar-refractivity contribution in [3.63, 3.8) is 0 Å². The average molecular weight is 331 g/mol. The second kappa shape index (κ2) is 11.8. The molecule has 8 heteroatoms. The van der Waals surface area contributed by atoms with Crippen LogP contribution >= 0.6 is 0 Å². The fraction of sp³-hybridized carbons (Fsp3) is 0.733. The Morgan fingerprint density at radius 3 is 2.78 bits per heavy atom. The molecule has 0 bridgehead atoms. The number of imidazole rings is 1. The molecule has 1 rings (SSSR count). The molecule has 0 spiro atoms. The number of hydrogen-bond donors (Lipinski definition) is 2. The Hall–Kier alpha value is -1.70. The van der Waals surface area contributed by atoms with Gasteiger partial charge in [0.25, 0.3) is 0 Å². The smallest absolute Gasteiger partial charge is 0.319 e. The molecule has 1 aromatic rings. The maximum Gasteiger partial charge on any atom is 0.319 e. The molecule has 0 fully saturated rings. The fourth-order valence-corrected chi connectivity index (χ4v) is 1.87. The molecule has 1 aromatic heterocycles. The van der Waals surface area contributed by atoms with Crippen LogP contribution in [0.2, 0.25) is 0 Å². The van der Waals surface area contributed by atoms with Crippen molar-refractivity contribution in [1.29, 1.82) is 0 Å². The van der Waals surface area contributed by atoms with Crippen molar-refractivity contribution < 1.29 is 13.5 Å². The molecule has 0 atom stereocenters. The van der Waals surface area contributed by atoms with Gasteiger partial charge in [-0.25, -0.2) is 9.98 Å². The lowest BCUT2D eigenvalue weighted by Crippen LogP contribution is -2.38. The summed E-state index contributed by atoms with van der Waals surface area (Å²) in [5.74, 6) is 0.824. The van der Waals surface area contributed by atoms with Gasteiger partial charge in [-0.2, -0.15) is 8.78 Å². The van der Waals surface area contributed by atoms with E-state index in [-0.39, 0.29) is 12.4 Å². The number of aliphatic imine (C=N–C) groups is 1. The molecule has 0 aliphatic heterocycles. The number of aromatic nitrogens is 2. The largest absolute Gasteiger partial charge is 0.381 e. The van der Waals surface area contributed by atoms with Crippen LogP contribution in [0.5, 0.6) is 0 Å². The lowest BCUT2D eigenvalue weighted by molar-refractivity contribution is 0.0671. The van der Waals surface area contributed by atoms with E-state index in [0.29, 0.717) is 25.7 Å². The zero-order valence-electron chi connectivity index (χ0n) is 13.9. The molecule has 23 heavy (non-hydrogen) atoms. The van der Waals surface area contributed by atoms with Gasteiger partial charge in [-0.3, -0.25) is 4.57 Å². The van der Waals surface area contributed by atoms with Gasteiger partial charge in [0.2, 0.25) is 0 Å². The van der Waals surface area contributed by atoms with E-state index < -0.39 is 6.55 Å². The van der Waals surface area contributed by atoms with Crippen LogP contribution in [0.15, 0.2) is 17.4 Å². The van der Waals surface area contributed by atoms with Crippen LogP contribution < -0.4 is 10.6 Å². The Balaban J connectivity index is 2.36. The highest BCUT2D eigenvalue weighted by molar-refractivity contribution is 5.79. The molecule has 0 aromatic carbocycles. The number of unbranched alkanes of at least 4 members (excludes halogenated alkanes) is 1. The van der Waals surface area contributed by atoms with E-state index >= 15 is 0 Å². The number of hydrogen-bond acceptors (Lipinski definition) is 3. The number of nitrogens with one attached hydrogen (secondary N) is 2. The number of halogens is 2. The van der Waals surface area contributed by atoms with Gasteiger partial charge in [-0.05, 0) is 19.8 Å². The summed E-state index contributed by atoms with van der Waals surface area (Å²) in [4.78, 5) is 8.19. The standard InChI is InChI=1S/C15H27F2N5O/c1-3-5-10-23-11-6-7-20-15(18-4-2)21-12-13-19-8-9-22(13)14(16)17/h8-9,14H,3-7,10-12H2,1-2H3,(H2,18,20,21). The predicted molar refractivity (Wildman–Crippen MR) is 86.6 cm³/mol. The Bertz CT molecular complexity index is 451. The van der Waals surface area contributed by atoms with E-state index in [2.05, 4.69) is 27.5 Å². The number of rotatable bonds is 11. The second-order valence-corrected chi connectivity index (χ2v) is 4.97. The molecule has 0 aliphatic carbocycles. The normalized spacial score (nSPS) is 12.0. The van der Waals surface area contributed by atoms with Gasteiger partial charge in [-0.15, -0.1) is 0 Å². The minimum absolute atomic E-state index is 0.0969. The van der Waals surface area contributed by atoms with E-state index in [9.17, 15) is 8.78 Å².